The minimum atomic E-state index is 0.0941. The van der Waals surface area contributed by atoms with E-state index in [1.165, 1.54) is 10.6 Å². The van der Waals surface area contributed by atoms with Gasteiger partial charge in [0.05, 0.1) is 0 Å². The highest BCUT2D eigenvalue weighted by Gasteiger charge is 2.19. The van der Waals surface area contributed by atoms with Crippen LogP contribution in [0.25, 0.3) is 6.08 Å². The molecule has 0 bridgehead atoms. The summed E-state index contributed by atoms with van der Waals surface area (Å²) >= 11 is 1.72. The third-order valence-corrected chi connectivity index (χ3v) is 4.99. The van der Waals surface area contributed by atoms with Crippen LogP contribution in [0, 0.1) is 0 Å². The third kappa shape index (κ3) is 4.20. The number of thioether (sulfide) groups is 1. The number of carbonyl (C=O) groups is 1. The van der Waals surface area contributed by atoms with Crippen LogP contribution in [0.1, 0.15) is 5.56 Å². The Bertz CT molecular complexity index is 689. The van der Waals surface area contributed by atoms with Crippen LogP contribution >= 0.6 is 11.8 Å². The maximum absolute atomic E-state index is 12.4. The minimum Gasteiger partial charge on any atom is -0.368 e. The van der Waals surface area contributed by atoms with Gasteiger partial charge in [0.25, 0.3) is 0 Å². The Kier molecular flexibility index (Phi) is 5.59. The van der Waals surface area contributed by atoms with Gasteiger partial charge in [0.2, 0.25) is 5.91 Å². The highest BCUT2D eigenvalue weighted by Crippen LogP contribution is 2.17. The summed E-state index contributed by atoms with van der Waals surface area (Å²) in [5.41, 5.74) is 2.29. The van der Waals surface area contributed by atoms with E-state index < -0.39 is 0 Å². The van der Waals surface area contributed by atoms with E-state index in [0.29, 0.717) is 0 Å². The molecule has 1 amide bonds. The number of amides is 1. The Labute approximate surface area is 148 Å². The first kappa shape index (κ1) is 16.7. The van der Waals surface area contributed by atoms with Crippen molar-refractivity contribution in [2.45, 2.75) is 4.90 Å². The third-order valence-electron chi connectivity index (χ3n) is 4.25. The maximum atomic E-state index is 12.4. The molecule has 4 heteroatoms. The van der Waals surface area contributed by atoms with Gasteiger partial charge in [-0.05, 0) is 42.2 Å². The molecule has 1 fully saturated rings. The molecule has 0 aliphatic carbocycles. The van der Waals surface area contributed by atoms with Crippen molar-refractivity contribution in [3.63, 3.8) is 0 Å². The van der Waals surface area contributed by atoms with Crippen LogP contribution in [0.2, 0.25) is 0 Å². The SMILES string of the molecule is CSc1ccc(C=CC(=O)N2CCN(c3ccccc3)CC2)cc1. The van der Waals surface area contributed by atoms with E-state index in [4.69, 9.17) is 0 Å². The first-order chi connectivity index (χ1) is 11.8. The number of anilines is 1. The monoisotopic (exact) mass is 338 g/mol. The lowest BCUT2D eigenvalue weighted by Gasteiger charge is -2.35. The van der Waals surface area contributed by atoms with Crippen LogP contribution in [-0.4, -0.2) is 43.2 Å². The fraction of sp³-hybridized carbons (Fsp3) is 0.250. The van der Waals surface area contributed by atoms with E-state index in [0.717, 1.165) is 31.7 Å². The lowest BCUT2D eigenvalue weighted by Crippen LogP contribution is -2.48. The largest absolute Gasteiger partial charge is 0.368 e. The molecule has 0 unspecified atom stereocenters. The van der Waals surface area contributed by atoms with Gasteiger partial charge in [0.15, 0.2) is 0 Å². The summed E-state index contributed by atoms with van der Waals surface area (Å²) < 4.78 is 0. The van der Waals surface area contributed by atoms with Crippen LogP contribution in [0.5, 0.6) is 0 Å². The first-order valence-corrected chi connectivity index (χ1v) is 9.40. The summed E-state index contributed by atoms with van der Waals surface area (Å²) in [6.45, 7) is 3.30. The van der Waals surface area contributed by atoms with Crippen molar-refractivity contribution in [3.8, 4) is 0 Å². The van der Waals surface area contributed by atoms with E-state index in [9.17, 15) is 4.79 Å². The van der Waals surface area contributed by atoms with Gasteiger partial charge in [-0.25, -0.2) is 0 Å². The van der Waals surface area contributed by atoms with Gasteiger partial charge in [-0.1, -0.05) is 30.3 Å². The zero-order valence-electron chi connectivity index (χ0n) is 13.9. The molecule has 0 saturated carbocycles. The second-order valence-electron chi connectivity index (χ2n) is 5.75. The summed E-state index contributed by atoms with van der Waals surface area (Å²) in [4.78, 5) is 17.8. The molecule has 24 heavy (non-hydrogen) atoms. The fourth-order valence-corrected chi connectivity index (χ4v) is 3.22. The molecule has 1 heterocycles. The maximum Gasteiger partial charge on any atom is 0.246 e. The van der Waals surface area contributed by atoms with Gasteiger partial charge in [0, 0.05) is 42.8 Å². The van der Waals surface area contributed by atoms with E-state index in [1.54, 1.807) is 17.8 Å². The summed E-state index contributed by atoms with van der Waals surface area (Å²) in [5.74, 6) is 0.0941. The number of hydrogen-bond acceptors (Lipinski definition) is 3. The molecule has 1 aliphatic heterocycles. The zero-order valence-corrected chi connectivity index (χ0v) is 14.7. The Morgan fingerprint density at radius 1 is 0.958 bits per heavy atom. The summed E-state index contributed by atoms with van der Waals surface area (Å²) in [5, 5.41) is 0. The minimum absolute atomic E-state index is 0.0941. The molecule has 1 aliphatic rings. The molecule has 0 atom stereocenters. The highest BCUT2D eigenvalue weighted by atomic mass is 32.2. The number of piperazine rings is 1. The van der Waals surface area contributed by atoms with Gasteiger partial charge in [-0.15, -0.1) is 11.8 Å². The number of rotatable bonds is 4. The standard InChI is InChI=1S/C20H22N2OS/c1-24-19-10-7-17(8-11-19)9-12-20(23)22-15-13-21(14-16-22)18-5-3-2-4-6-18/h2-12H,13-16H2,1H3. The number of nitrogens with zero attached hydrogens (tertiary/aromatic N) is 2. The predicted molar refractivity (Wildman–Crippen MR) is 102 cm³/mol. The molecule has 3 nitrogen and oxygen atoms in total. The predicted octanol–water partition coefficient (Wildman–Crippen LogP) is 3.77. The van der Waals surface area contributed by atoms with Crippen molar-refractivity contribution in [2.75, 3.05) is 37.3 Å². The van der Waals surface area contributed by atoms with E-state index in [1.807, 2.05) is 29.2 Å². The number of hydrogen-bond donors (Lipinski definition) is 0. The number of para-hydroxylation sites is 1. The second-order valence-corrected chi connectivity index (χ2v) is 6.63. The van der Waals surface area contributed by atoms with Crippen LogP contribution in [-0.2, 0) is 4.79 Å². The Morgan fingerprint density at radius 2 is 1.62 bits per heavy atom. The van der Waals surface area contributed by atoms with Crippen LogP contribution in [0.3, 0.4) is 0 Å². The van der Waals surface area contributed by atoms with Crippen molar-refractivity contribution in [3.05, 3.63) is 66.2 Å². The molecular weight excluding hydrogens is 316 g/mol. The van der Waals surface area contributed by atoms with E-state index in [2.05, 4.69) is 47.6 Å². The molecule has 0 radical (unpaired) electrons. The Morgan fingerprint density at radius 3 is 2.25 bits per heavy atom. The topological polar surface area (TPSA) is 23.6 Å². The lowest BCUT2D eigenvalue weighted by molar-refractivity contribution is -0.126. The molecule has 124 valence electrons. The van der Waals surface area contributed by atoms with Crippen molar-refractivity contribution in [1.82, 2.24) is 4.90 Å². The van der Waals surface area contributed by atoms with E-state index >= 15 is 0 Å². The van der Waals surface area contributed by atoms with Crippen molar-refractivity contribution in [2.24, 2.45) is 0 Å². The molecule has 3 rings (SSSR count). The average Bonchev–Trinajstić information content (AvgIpc) is 2.67. The Balaban J connectivity index is 1.54. The van der Waals surface area contributed by atoms with Gasteiger partial charge in [0.1, 0.15) is 0 Å². The molecule has 0 spiro atoms. The van der Waals surface area contributed by atoms with Crippen molar-refractivity contribution >= 4 is 29.4 Å². The average molecular weight is 338 g/mol. The zero-order chi connectivity index (χ0) is 16.8. The molecule has 1 saturated heterocycles. The van der Waals surface area contributed by atoms with Crippen LogP contribution in [0.15, 0.2) is 65.6 Å². The van der Waals surface area contributed by atoms with Crippen molar-refractivity contribution < 1.29 is 4.79 Å². The van der Waals surface area contributed by atoms with E-state index in [-0.39, 0.29) is 5.91 Å². The fourth-order valence-electron chi connectivity index (χ4n) is 2.81. The normalized spacial score (nSPS) is 15.0. The molecule has 2 aromatic rings. The van der Waals surface area contributed by atoms with Gasteiger partial charge in [-0.2, -0.15) is 0 Å². The van der Waals surface area contributed by atoms with Gasteiger partial charge < -0.3 is 9.80 Å². The molecule has 0 aromatic heterocycles. The number of benzene rings is 2. The lowest BCUT2D eigenvalue weighted by atomic mass is 10.2. The van der Waals surface area contributed by atoms with Gasteiger partial charge >= 0.3 is 0 Å². The Hall–Kier alpha value is -2.20. The molecule has 2 aromatic carbocycles. The summed E-state index contributed by atoms with van der Waals surface area (Å²) in [6.07, 6.45) is 5.64. The van der Waals surface area contributed by atoms with Crippen LogP contribution < -0.4 is 4.90 Å². The quantitative estimate of drug-likeness (QED) is 0.626. The summed E-state index contributed by atoms with van der Waals surface area (Å²) in [6, 6.07) is 18.6. The smallest absolute Gasteiger partial charge is 0.246 e. The highest BCUT2D eigenvalue weighted by molar-refractivity contribution is 7.98. The second kappa shape index (κ2) is 8.06. The van der Waals surface area contributed by atoms with Gasteiger partial charge in [-0.3, -0.25) is 4.79 Å². The van der Waals surface area contributed by atoms with Crippen LogP contribution in [0.4, 0.5) is 5.69 Å². The number of carbonyl (C=O) groups excluding carboxylic acids is 1. The summed E-state index contributed by atoms with van der Waals surface area (Å²) in [7, 11) is 0. The molecule has 0 N–H and O–H groups in total. The molecular formula is C20H22N2OS. The first-order valence-electron chi connectivity index (χ1n) is 8.17. The van der Waals surface area contributed by atoms with Crippen molar-refractivity contribution in [1.29, 1.82) is 0 Å².